The summed E-state index contributed by atoms with van der Waals surface area (Å²) in [7, 11) is 0. The number of aryl methyl sites for hydroxylation is 1. The van der Waals surface area contributed by atoms with Gasteiger partial charge in [-0.25, -0.2) is 4.79 Å². The number of nitrogens with one attached hydrogen (secondary N) is 3. The molecule has 25 heavy (non-hydrogen) atoms. The van der Waals surface area contributed by atoms with Gasteiger partial charge in [0.05, 0.1) is 11.4 Å². The van der Waals surface area contributed by atoms with Gasteiger partial charge in [-0.2, -0.15) is 0 Å². The molecule has 1 aliphatic carbocycles. The molecule has 4 amide bonds. The molecule has 0 unspecified atom stereocenters. The number of hydrogen-bond acceptors (Lipinski definition) is 5. The Bertz CT molecular complexity index is 648. The van der Waals surface area contributed by atoms with Crippen LogP contribution in [0.25, 0.3) is 0 Å². The molecular weight excluding hydrogens is 340 g/mol. The first kappa shape index (κ1) is 17.9. The Kier molecular flexibility index (Phi) is 5.70. The summed E-state index contributed by atoms with van der Waals surface area (Å²) in [6.45, 7) is 3.65. The van der Waals surface area contributed by atoms with Crippen molar-refractivity contribution in [1.29, 1.82) is 0 Å². The first-order valence-corrected chi connectivity index (χ1v) is 9.51. The zero-order valence-corrected chi connectivity index (χ0v) is 15.2. The molecule has 3 rings (SSSR count). The van der Waals surface area contributed by atoms with Crippen LogP contribution in [-0.4, -0.2) is 54.5 Å². The molecule has 8 heteroatoms. The average Bonchev–Trinajstić information content (AvgIpc) is 3.26. The maximum Gasteiger partial charge on any atom is 0.321 e. The fraction of sp³-hybridized carbons (Fsp3) is 0.588. The van der Waals surface area contributed by atoms with Crippen LogP contribution in [-0.2, 0) is 4.79 Å². The number of hydrogen-bond donors (Lipinski definition) is 3. The highest BCUT2D eigenvalue weighted by Crippen LogP contribution is 2.18. The van der Waals surface area contributed by atoms with Crippen molar-refractivity contribution in [3.05, 3.63) is 21.9 Å². The third kappa shape index (κ3) is 5.54. The third-order valence-electron chi connectivity index (χ3n) is 4.42. The van der Waals surface area contributed by atoms with E-state index in [9.17, 15) is 14.4 Å². The van der Waals surface area contributed by atoms with Crippen LogP contribution in [0, 0.1) is 6.92 Å². The maximum absolute atomic E-state index is 12.2. The molecule has 136 valence electrons. The molecular formula is C17H24N4O3S. The monoisotopic (exact) mass is 364 g/mol. The first-order chi connectivity index (χ1) is 12.0. The second-order valence-corrected chi connectivity index (χ2v) is 8.02. The molecule has 1 aromatic heterocycles. The number of urea groups is 1. The second-order valence-electron chi connectivity index (χ2n) is 6.73. The number of likely N-dealkylation sites (tertiary alicyclic amines) is 1. The molecule has 0 aromatic carbocycles. The molecule has 0 atom stereocenters. The van der Waals surface area contributed by atoms with Crippen LogP contribution in [0.15, 0.2) is 12.1 Å². The number of carbonyl (C=O) groups is 3. The molecule has 2 heterocycles. The predicted octanol–water partition coefficient (Wildman–Crippen LogP) is 1.24. The number of rotatable bonds is 5. The minimum absolute atomic E-state index is 0.0222. The van der Waals surface area contributed by atoms with Crippen LogP contribution >= 0.6 is 11.3 Å². The van der Waals surface area contributed by atoms with E-state index in [2.05, 4.69) is 16.0 Å². The smallest absolute Gasteiger partial charge is 0.321 e. The van der Waals surface area contributed by atoms with Crippen molar-refractivity contribution in [1.82, 2.24) is 20.9 Å². The van der Waals surface area contributed by atoms with Gasteiger partial charge >= 0.3 is 6.03 Å². The average molecular weight is 364 g/mol. The molecule has 1 aromatic rings. The number of carbonyl (C=O) groups excluding carboxylic acids is 3. The van der Waals surface area contributed by atoms with Gasteiger partial charge < -0.3 is 10.6 Å². The summed E-state index contributed by atoms with van der Waals surface area (Å²) in [5.74, 6) is -0.305. The highest BCUT2D eigenvalue weighted by atomic mass is 32.1. The van der Waals surface area contributed by atoms with Gasteiger partial charge in [0.2, 0.25) is 5.91 Å². The zero-order chi connectivity index (χ0) is 17.8. The third-order valence-corrected chi connectivity index (χ3v) is 5.42. The Balaban J connectivity index is 1.35. The Morgan fingerprint density at radius 1 is 1.08 bits per heavy atom. The van der Waals surface area contributed by atoms with Crippen LogP contribution < -0.4 is 16.0 Å². The summed E-state index contributed by atoms with van der Waals surface area (Å²) in [6.07, 6.45) is 3.59. The lowest BCUT2D eigenvalue weighted by atomic mass is 10.0. The van der Waals surface area contributed by atoms with E-state index in [0.717, 1.165) is 48.5 Å². The lowest BCUT2D eigenvalue weighted by molar-refractivity contribution is -0.121. The Morgan fingerprint density at radius 2 is 1.76 bits per heavy atom. The Labute approximate surface area is 151 Å². The van der Waals surface area contributed by atoms with Crippen LogP contribution in [0.5, 0.6) is 0 Å². The van der Waals surface area contributed by atoms with Gasteiger partial charge in [-0.1, -0.05) is 0 Å². The quantitative estimate of drug-likeness (QED) is 0.733. The van der Waals surface area contributed by atoms with Gasteiger partial charge in [0.15, 0.2) is 0 Å². The van der Waals surface area contributed by atoms with Crippen molar-refractivity contribution in [3.63, 3.8) is 0 Å². The van der Waals surface area contributed by atoms with Gasteiger partial charge in [0.1, 0.15) is 0 Å². The molecule has 3 N–H and O–H groups in total. The van der Waals surface area contributed by atoms with Crippen molar-refractivity contribution in [3.8, 4) is 0 Å². The van der Waals surface area contributed by atoms with E-state index in [1.54, 1.807) is 0 Å². The molecule has 1 saturated carbocycles. The normalized spacial score (nSPS) is 18.6. The van der Waals surface area contributed by atoms with Crippen LogP contribution in [0.3, 0.4) is 0 Å². The molecule has 1 aliphatic heterocycles. The van der Waals surface area contributed by atoms with Gasteiger partial charge in [0, 0.05) is 30.1 Å². The van der Waals surface area contributed by atoms with E-state index in [1.807, 2.05) is 24.0 Å². The van der Waals surface area contributed by atoms with Crippen LogP contribution in [0.1, 0.15) is 40.2 Å². The minimum Gasteiger partial charge on any atom is -0.349 e. The fourth-order valence-electron chi connectivity index (χ4n) is 2.87. The van der Waals surface area contributed by atoms with E-state index in [4.69, 9.17) is 0 Å². The standard InChI is InChI=1S/C17H24N4O3S/c1-11-2-5-14(25-11)16(23)18-13-6-8-21(9-7-13)10-15(22)20-17(24)19-12-3-4-12/h2,5,12-13H,3-4,6-10H2,1H3,(H,18,23)(H2,19,20,22,24). The predicted molar refractivity (Wildman–Crippen MR) is 95.7 cm³/mol. The summed E-state index contributed by atoms with van der Waals surface area (Å²) >= 11 is 1.49. The summed E-state index contributed by atoms with van der Waals surface area (Å²) in [5, 5.41) is 8.16. The van der Waals surface area contributed by atoms with Gasteiger partial charge in [-0.05, 0) is 44.7 Å². The van der Waals surface area contributed by atoms with E-state index < -0.39 is 6.03 Å². The van der Waals surface area contributed by atoms with E-state index >= 15 is 0 Å². The Morgan fingerprint density at radius 3 is 2.36 bits per heavy atom. The van der Waals surface area contributed by atoms with Crippen molar-refractivity contribution in [2.45, 2.75) is 44.7 Å². The molecule has 7 nitrogen and oxygen atoms in total. The summed E-state index contributed by atoms with van der Waals surface area (Å²) in [5.41, 5.74) is 0. The van der Waals surface area contributed by atoms with E-state index in [0.29, 0.717) is 0 Å². The Hall–Kier alpha value is -1.93. The van der Waals surface area contributed by atoms with Crippen molar-refractivity contribution >= 4 is 29.2 Å². The second kappa shape index (κ2) is 7.97. The highest BCUT2D eigenvalue weighted by molar-refractivity contribution is 7.13. The van der Waals surface area contributed by atoms with Gasteiger partial charge in [-0.15, -0.1) is 11.3 Å². The molecule has 0 spiro atoms. The lowest BCUT2D eigenvalue weighted by Gasteiger charge is -2.31. The van der Waals surface area contributed by atoms with Crippen molar-refractivity contribution in [2.24, 2.45) is 0 Å². The SMILES string of the molecule is Cc1ccc(C(=O)NC2CCN(CC(=O)NC(=O)NC3CC3)CC2)s1. The molecule has 0 bridgehead atoms. The number of imide groups is 1. The number of nitrogens with zero attached hydrogens (tertiary/aromatic N) is 1. The summed E-state index contributed by atoms with van der Waals surface area (Å²) in [4.78, 5) is 39.5. The van der Waals surface area contributed by atoms with Gasteiger partial charge in [0.25, 0.3) is 5.91 Å². The number of thiophene rings is 1. The van der Waals surface area contributed by atoms with Crippen LogP contribution in [0.2, 0.25) is 0 Å². The molecule has 1 saturated heterocycles. The topological polar surface area (TPSA) is 90.5 Å². The van der Waals surface area contributed by atoms with Gasteiger partial charge in [-0.3, -0.25) is 19.8 Å². The van der Waals surface area contributed by atoms with Crippen molar-refractivity contribution < 1.29 is 14.4 Å². The molecule has 2 fully saturated rings. The van der Waals surface area contributed by atoms with Crippen molar-refractivity contribution in [2.75, 3.05) is 19.6 Å². The highest BCUT2D eigenvalue weighted by Gasteiger charge is 2.26. The largest absolute Gasteiger partial charge is 0.349 e. The fourth-order valence-corrected chi connectivity index (χ4v) is 3.64. The summed E-state index contributed by atoms with van der Waals surface area (Å²) in [6, 6.07) is 3.76. The molecule has 0 radical (unpaired) electrons. The zero-order valence-electron chi connectivity index (χ0n) is 14.3. The molecule has 2 aliphatic rings. The number of amides is 4. The minimum atomic E-state index is -0.402. The van der Waals surface area contributed by atoms with E-state index in [1.165, 1.54) is 11.3 Å². The maximum atomic E-state index is 12.2. The first-order valence-electron chi connectivity index (χ1n) is 8.69. The lowest BCUT2D eigenvalue weighted by Crippen LogP contribution is -2.49. The van der Waals surface area contributed by atoms with E-state index in [-0.39, 0.29) is 30.4 Å². The number of piperidine rings is 1. The van der Waals surface area contributed by atoms with Crippen LogP contribution in [0.4, 0.5) is 4.79 Å². The summed E-state index contributed by atoms with van der Waals surface area (Å²) < 4.78 is 0.